The summed E-state index contributed by atoms with van der Waals surface area (Å²) in [6.07, 6.45) is -7.27. The highest BCUT2D eigenvalue weighted by molar-refractivity contribution is 6.29. The lowest BCUT2D eigenvalue weighted by Crippen LogP contribution is -2.31. The fourth-order valence-corrected chi connectivity index (χ4v) is 2.34. The fraction of sp³-hybridized carbons (Fsp3) is 0.235. The zero-order valence-corrected chi connectivity index (χ0v) is 16.0. The van der Waals surface area contributed by atoms with Crippen molar-refractivity contribution >= 4 is 29.3 Å². The molecule has 0 amide bonds. The van der Waals surface area contributed by atoms with Crippen LogP contribution >= 0.6 is 11.6 Å². The van der Waals surface area contributed by atoms with Crippen molar-refractivity contribution in [2.75, 3.05) is 10.6 Å². The topological polar surface area (TPSA) is 129 Å². The zero-order chi connectivity index (χ0) is 21.9. The Morgan fingerprint density at radius 2 is 1.63 bits per heavy atom. The molecule has 3 aromatic heterocycles. The van der Waals surface area contributed by atoms with Crippen LogP contribution in [0.25, 0.3) is 11.5 Å². The van der Waals surface area contributed by atoms with Crippen LogP contribution in [0.2, 0.25) is 5.15 Å². The van der Waals surface area contributed by atoms with E-state index in [9.17, 15) is 23.4 Å². The van der Waals surface area contributed by atoms with Gasteiger partial charge in [0, 0.05) is 0 Å². The SMILES string of the molecule is CC(O)C(O)Nc1nc(Nc2cccc(Cl)n2)nc(-c2cccc(C(F)(F)F)n2)n1. The largest absolute Gasteiger partial charge is 0.433 e. The van der Waals surface area contributed by atoms with E-state index in [4.69, 9.17) is 11.6 Å². The van der Waals surface area contributed by atoms with E-state index < -0.39 is 24.2 Å². The van der Waals surface area contributed by atoms with Gasteiger partial charge in [0.2, 0.25) is 11.9 Å². The summed E-state index contributed by atoms with van der Waals surface area (Å²) in [5, 5.41) is 24.7. The number of nitrogens with zero attached hydrogens (tertiary/aromatic N) is 5. The van der Waals surface area contributed by atoms with Crippen molar-refractivity contribution in [1.29, 1.82) is 0 Å². The minimum atomic E-state index is -4.65. The van der Waals surface area contributed by atoms with Crippen LogP contribution in [-0.4, -0.2) is 47.5 Å². The van der Waals surface area contributed by atoms with E-state index in [0.29, 0.717) is 0 Å². The van der Waals surface area contributed by atoms with E-state index in [1.165, 1.54) is 13.0 Å². The van der Waals surface area contributed by atoms with Crippen molar-refractivity contribution < 1.29 is 23.4 Å². The quantitative estimate of drug-likeness (QED) is 0.337. The molecular formula is C17H15ClF3N7O2. The lowest BCUT2D eigenvalue weighted by Gasteiger charge is -2.16. The Hall–Kier alpha value is -3.09. The van der Waals surface area contributed by atoms with E-state index in [-0.39, 0.29) is 34.4 Å². The molecule has 0 spiro atoms. The number of anilines is 3. The highest BCUT2D eigenvalue weighted by Gasteiger charge is 2.32. The van der Waals surface area contributed by atoms with Gasteiger partial charge in [-0.2, -0.15) is 28.1 Å². The zero-order valence-electron chi connectivity index (χ0n) is 15.3. The summed E-state index contributed by atoms with van der Waals surface area (Å²) in [4.78, 5) is 19.7. The summed E-state index contributed by atoms with van der Waals surface area (Å²) >= 11 is 5.84. The molecule has 2 atom stereocenters. The van der Waals surface area contributed by atoms with Gasteiger partial charge in [0.15, 0.2) is 12.1 Å². The lowest BCUT2D eigenvalue weighted by atomic mass is 10.3. The molecule has 0 aliphatic rings. The maximum atomic E-state index is 13.0. The van der Waals surface area contributed by atoms with Crippen LogP contribution in [0.4, 0.5) is 30.9 Å². The average Bonchev–Trinajstić information content (AvgIpc) is 2.67. The van der Waals surface area contributed by atoms with Gasteiger partial charge in [0.1, 0.15) is 22.4 Å². The molecule has 0 aromatic carbocycles. The van der Waals surface area contributed by atoms with Crippen LogP contribution in [0.5, 0.6) is 0 Å². The molecular weight excluding hydrogens is 427 g/mol. The number of hydrogen-bond acceptors (Lipinski definition) is 9. The average molecular weight is 442 g/mol. The number of aliphatic hydroxyl groups excluding tert-OH is 2. The first-order chi connectivity index (χ1) is 14.1. The molecule has 3 heterocycles. The second kappa shape index (κ2) is 8.73. The van der Waals surface area contributed by atoms with Gasteiger partial charge in [-0.05, 0) is 31.2 Å². The first kappa shape index (κ1) is 21.6. The number of halogens is 4. The Balaban J connectivity index is 2.03. The van der Waals surface area contributed by atoms with E-state index in [2.05, 4.69) is 35.6 Å². The Kier molecular flexibility index (Phi) is 6.29. The monoisotopic (exact) mass is 441 g/mol. The van der Waals surface area contributed by atoms with Crippen molar-refractivity contribution in [2.45, 2.75) is 25.4 Å². The summed E-state index contributed by atoms with van der Waals surface area (Å²) in [6.45, 7) is 1.32. The van der Waals surface area contributed by atoms with Crippen LogP contribution < -0.4 is 10.6 Å². The highest BCUT2D eigenvalue weighted by Crippen LogP contribution is 2.29. The first-order valence-corrected chi connectivity index (χ1v) is 8.82. The smallest absolute Gasteiger partial charge is 0.389 e. The van der Waals surface area contributed by atoms with E-state index in [1.54, 1.807) is 18.2 Å². The molecule has 0 fully saturated rings. The number of alkyl halides is 3. The maximum Gasteiger partial charge on any atom is 0.433 e. The van der Waals surface area contributed by atoms with Gasteiger partial charge in [0.05, 0.1) is 6.10 Å². The molecule has 0 saturated heterocycles. The van der Waals surface area contributed by atoms with Crippen molar-refractivity contribution in [3.63, 3.8) is 0 Å². The molecule has 0 aliphatic heterocycles. The van der Waals surface area contributed by atoms with Crippen molar-refractivity contribution in [2.24, 2.45) is 0 Å². The number of aliphatic hydroxyl groups is 2. The van der Waals surface area contributed by atoms with Crippen molar-refractivity contribution in [3.05, 3.63) is 47.2 Å². The maximum absolute atomic E-state index is 13.0. The minimum absolute atomic E-state index is 0.103. The summed E-state index contributed by atoms with van der Waals surface area (Å²) in [7, 11) is 0. The number of rotatable bonds is 6. The standard InChI is InChI=1S/C17H15ClF3N7O2/c1-8(29)14(30)27-16-26-13(9-4-2-5-10(22-9)17(19,20)21)25-15(28-16)24-12-7-3-6-11(18)23-12/h2-8,14,29-30H,1H3,(H2,23,24,25,26,27,28). The number of aromatic nitrogens is 5. The van der Waals surface area contributed by atoms with Crippen LogP contribution in [0, 0.1) is 0 Å². The molecule has 0 bridgehead atoms. The Labute approximate surface area is 173 Å². The van der Waals surface area contributed by atoms with Gasteiger partial charge in [-0.25, -0.2) is 9.97 Å². The summed E-state index contributed by atoms with van der Waals surface area (Å²) in [5.74, 6) is -0.258. The Morgan fingerprint density at radius 1 is 0.933 bits per heavy atom. The molecule has 0 saturated carbocycles. The van der Waals surface area contributed by atoms with E-state index in [0.717, 1.165) is 12.1 Å². The minimum Gasteiger partial charge on any atom is -0.389 e. The van der Waals surface area contributed by atoms with Gasteiger partial charge < -0.3 is 20.8 Å². The molecule has 158 valence electrons. The third-order valence-electron chi connectivity index (χ3n) is 3.59. The third-order valence-corrected chi connectivity index (χ3v) is 3.80. The van der Waals surface area contributed by atoms with Crippen molar-refractivity contribution in [3.8, 4) is 11.5 Å². The third kappa shape index (κ3) is 5.49. The molecule has 3 rings (SSSR count). The number of pyridine rings is 2. The molecule has 3 aromatic rings. The molecule has 0 aliphatic carbocycles. The summed E-state index contributed by atoms with van der Waals surface area (Å²) < 4.78 is 39.0. The van der Waals surface area contributed by atoms with Gasteiger partial charge in [-0.1, -0.05) is 23.7 Å². The van der Waals surface area contributed by atoms with Gasteiger partial charge in [-0.15, -0.1) is 0 Å². The van der Waals surface area contributed by atoms with Crippen molar-refractivity contribution in [1.82, 2.24) is 24.9 Å². The summed E-state index contributed by atoms with van der Waals surface area (Å²) in [5.41, 5.74) is -1.30. The molecule has 0 radical (unpaired) electrons. The lowest BCUT2D eigenvalue weighted by molar-refractivity contribution is -0.141. The number of hydrogen-bond donors (Lipinski definition) is 4. The second-order valence-corrected chi connectivity index (χ2v) is 6.40. The fourth-order valence-electron chi connectivity index (χ4n) is 2.17. The highest BCUT2D eigenvalue weighted by atomic mass is 35.5. The molecule has 4 N–H and O–H groups in total. The van der Waals surface area contributed by atoms with Crippen LogP contribution in [0.3, 0.4) is 0 Å². The molecule has 13 heteroatoms. The Bertz CT molecular complexity index is 1040. The summed E-state index contributed by atoms with van der Waals surface area (Å²) in [6, 6.07) is 8.00. The predicted molar refractivity (Wildman–Crippen MR) is 102 cm³/mol. The van der Waals surface area contributed by atoms with Crippen LogP contribution in [-0.2, 0) is 6.18 Å². The molecule has 30 heavy (non-hydrogen) atoms. The van der Waals surface area contributed by atoms with Gasteiger partial charge >= 0.3 is 6.18 Å². The Morgan fingerprint density at radius 3 is 2.30 bits per heavy atom. The molecule has 9 nitrogen and oxygen atoms in total. The van der Waals surface area contributed by atoms with E-state index in [1.807, 2.05) is 0 Å². The van der Waals surface area contributed by atoms with E-state index >= 15 is 0 Å². The van der Waals surface area contributed by atoms with Crippen LogP contribution in [0.15, 0.2) is 36.4 Å². The van der Waals surface area contributed by atoms with Crippen LogP contribution in [0.1, 0.15) is 12.6 Å². The van der Waals surface area contributed by atoms with Gasteiger partial charge in [-0.3, -0.25) is 0 Å². The predicted octanol–water partition coefficient (Wildman–Crippen LogP) is 2.86. The first-order valence-electron chi connectivity index (χ1n) is 8.45. The van der Waals surface area contributed by atoms with Gasteiger partial charge in [0.25, 0.3) is 0 Å². The normalized spacial score (nSPS) is 13.6. The molecule has 2 unspecified atom stereocenters. The second-order valence-electron chi connectivity index (χ2n) is 6.01. The number of nitrogens with one attached hydrogen (secondary N) is 2.